The van der Waals surface area contributed by atoms with Crippen molar-refractivity contribution in [2.24, 2.45) is 5.92 Å². The lowest BCUT2D eigenvalue weighted by atomic mass is 10.0. The minimum atomic E-state index is 0.0124. The summed E-state index contributed by atoms with van der Waals surface area (Å²) in [5.74, 6) is 0.757. The quantitative estimate of drug-likeness (QED) is 0.781. The van der Waals surface area contributed by atoms with Gasteiger partial charge in [-0.25, -0.2) is 0 Å². The van der Waals surface area contributed by atoms with Gasteiger partial charge < -0.3 is 9.80 Å². The Kier molecular flexibility index (Phi) is 5.60. The van der Waals surface area contributed by atoms with Gasteiger partial charge in [-0.1, -0.05) is 27.7 Å². The molecule has 1 N–H and O–H groups in total. The van der Waals surface area contributed by atoms with Gasteiger partial charge in [-0.2, -0.15) is 0 Å². The van der Waals surface area contributed by atoms with Gasteiger partial charge in [0.2, 0.25) is 5.91 Å². The summed E-state index contributed by atoms with van der Waals surface area (Å²) in [5.41, 5.74) is 0. The maximum Gasteiger partial charge on any atom is 0.241 e. The fourth-order valence-corrected chi connectivity index (χ4v) is 2.71. The first kappa shape index (κ1) is 15.4. The van der Waals surface area contributed by atoms with E-state index in [1.807, 2.05) is 0 Å². The van der Waals surface area contributed by atoms with Gasteiger partial charge >= 0.3 is 0 Å². The maximum absolute atomic E-state index is 12.5. The van der Waals surface area contributed by atoms with Crippen LogP contribution in [0.25, 0.3) is 0 Å². The van der Waals surface area contributed by atoms with Crippen molar-refractivity contribution in [2.75, 3.05) is 20.6 Å². The molecule has 1 aliphatic rings. The van der Waals surface area contributed by atoms with Crippen LogP contribution in [0.2, 0.25) is 0 Å². The predicted octanol–water partition coefficient (Wildman–Crippen LogP) is 1.52. The van der Waals surface area contributed by atoms with E-state index in [2.05, 4.69) is 56.9 Å². The monoisotopic (exact) mass is 255 g/mol. The molecule has 1 aliphatic heterocycles. The first-order valence-corrected chi connectivity index (χ1v) is 7.15. The molecule has 1 rings (SSSR count). The Morgan fingerprint density at radius 3 is 2.28 bits per heavy atom. The molecule has 1 saturated heterocycles. The number of hydrogen-bond acceptors (Lipinski definition) is 3. The van der Waals surface area contributed by atoms with Gasteiger partial charge in [-0.3, -0.25) is 10.1 Å². The van der Waals surface area contributed by atoms with E-state index in [1.54, 1.807) is 0 Å². The fraction of sp³-hybridized carbons (Fsp3) is 0.929. The Morgan fingerprint density at radius 1 is 1.28 bits per heavy atom. The van der Waals surface area contributed by atoms with E-state index in [-0.39, 0.29) is 18.1 Å². The van der Waals surface area contributed by atoms with Crippen LogP contribution in [-0.4, -0.2) is 54.6 Å². The summed E-state index contributed by atoms with van der Waals surface area (Å²) >= 11 is 0. The summed E-state index contributed by atoms with van der Waals surface area (Å²) in [6.45, 7) is 9.55. The van der Waals surface area contributed by atoms with Crippen molar-refractivity contribution in [1.29, 1.82) is 0 Å². The summed E-state index contributed by atoms with van der Waals surface area (Å²) in [4.78, 5) is 16.7. The molecule has 0 radical (unpaired) electrons. The average Bonchev–Trinajstić information content (AvgIpc) is 2.62. The van der Waals surface area contributed by atoms with E-state index in [4.69, 9.17) is 0 Å². The largest absolute Gasteiger partial charge is 0.321 e. The van der Waals surface area contributed by atoms with Crippen LogP contribution in [0, 0.1) is 5.92 Å². The third kappa shape index (κ3) is 3.23. The molecular formula is C14H29N3O. The van der Waals surface area contributed by atoms with Crippen LogP contribution in [-0.2, 0) is 4.79 Å². The maximum atomic E-state index is 12.5. The molecular weight excluding hydrogens is 226 g/mol. The minimum absolute atomic E-state index is 0.0124. The molecule has 3 unspecified atom stereocenters. The molecule has 3 atom stereocenters. The molecule has 1 fully saturated rings. The zero-order valence-electron chi connectivity index (χ0n) is 12.7. The summed E-state index contributed by atoms with van der Waals surface area (Å²) in [7, 11) is 4.14. The molecule has 0 aromatic rings. The number of nitrogens with one attached hydrogen (secondary N) is 1. The fourth-order valence-electron chi connectivity index (χ4n) is 2.71. The molecule has 0 saturated carbocycles. The minimum Gasteiger partial charge on any atom is -0.321 e. The molecule has 4 nitrogen and oxygen atoms in total. The molecule has 106 valence electrons. The molecule has 0 spiro atoms. The van der Waals surface area contributed by atoms with Crippen LogP contribution >= 0.6 is 0 Å². The second-order valence-corrected chi connectivity index (χ2v) is 5.87. The van der Waals surface area contributed by atoms with Crippen LogP contribution in [0.4, 0.5) is 0 Å². The van der Waals surface area contributed by atoms with Crippen molar-refractivity contribution in [3.63, 3.8) is 0 Å². The van der Waals surface area contributed by atoms with Gasteiger partial charge in [0, 0.05) is 12.6 Å². The Balaban J connectivity index is 2.90. The summed E-state index contributed by atoms with van der Waals surface area (Å²) in [6.07, 6.45) is 2.05. The summed E-state index contributed by atoms with van der Waals surface area (Å²) in [6, 6.07) is 0.305. The van der Waals surface area contributed by atoms with Crippen LogP contribution in [0.15, 0.2) is 0 Å². The number of likely N-dealkylation sites (N-methyl/N-ethyl adjacent to an activating group) is 1. The summed E-state index contributed by atoms with van der Waals surface area (Å²) < 4.78 is 0. The van der Waals surface area contributed by atoms with E-state index < -0.39 is 0 Å². The van der Waals surface area contributed by atoms with Gasteiger partial charge in [0.25, 0.3) is 0 Å². The van der Waals surface area contributed by atoms with E-state index >= 15 is 0 Å². The van der Waals surface area contributed by atoms with Crippen LogP contribution in [0.3, 0.4) is 0 Å². The molecule has 18 heavy (non-hydrogen) atoms. The predicted molar refractivity (Wildman–Crippen MR) is 75.3 cm³/mol. The first-order valence-electron chi connectivity index (χ1n) is 7.15. The molecule has 0 aromatic heterocycles. The van der Waals surface area contributed by atoms with Crippen molar-refractivity contribution in [3.05, 3.63) is 0 Å². The molecule has 4 heteroatoms. The second-order valence-electron chi connectivity index (χ2n) is 5.87. The van der Waals surface area contributed by atoms with Crippen LogP contribution in [0.5, 0.6) is 0 Å². The highest BCUT2D eigenvalue weighted by molar-refractivity contribution is 5.84. The number of rotatable bonds is 6. The topological polar surface area (TPSA) is 35.6 Å². The number of carbonyl (C=O) groups is 1. The van der Waals surface area contributed by atoms with Crippen molar-refractivity contribution in [3.8, 4) is 0 Å². The van der Waals surface area contributed by atoms with Gasteiger partial charge in [-0.15, -0.1) is 0 Å². The van der Waals surface area contributed by atoms with Crippen molar-refractivity contribution in [2.45, 2.75) is 58.8 Å². The van der Waals surface area contributed by atoms with E-state index in [0.717, 1.165) is 19.4 Å². The third-order valence-corrected chi connectivity index (χ3v) is 3.76. The van der Waals surface area contributed by atoms with Crippen LogP contribution < -0.4 is 5.32 Å². The molecule has 0 aliphatic carbocycles. The lowest BCUT2D eigenvalue weighted by Gasteiger charge is -2.36. The molecule has 0 bridgehead atoms. The lowest BCUT2D eigenvalue weighted by Crippen LogP contribution is -2.51. The summed E-state index contributed by atoms with van der Waals surface area (Å²) in [5, 5.41) is 3.46. The van der Waals surface area contributed by atoms with Gasteiger partial charge in [0.1, 0.15) is 0 Å². The smallest absolute Gasteiger partial charge is 0.241 e. The first-order chi connectivity index (χ1) is 8.42. The number of hydrogen-bond donors (Lipinski definition) is 1. The van der Waals surface area contributed by atoms with Gasteiger partial charge in [0.05, 0.1) is 12.2 Å². The normalized spacial score (nSPS) is 26.4. The Labute approximate surface area is 112 Å². The Bertz CT molecular complexity index is 278. The van der Waals surface area contributed by atoms with Gasteiger partial charge in [0.15, 0.2) is 0 Å². The number of amides is 1. The molecule has 1 amide bonds. The van der Waals surface area contributed by atoms with E-state index in [0.29, 0.717) is 12.0 Å². The second kappa shape index (κ2) is 6.53. The third-order valence-electron chi connectivity index (χ3n) is 3.76. The van der Waals surface area contributed by atoms with Crippen molar-refractivity contribution >= 4 is 5.91 Å². The molecule has 1 heterocycles. The average molecular weight is 255 g/mol. The highest BCUT2D eigenvalue weighted by Gasteiger charge is 2.41. The highest BCUT2D eigenvalue weighted by atomic mass is 16.2. The SMILES string of the molecule is CCC1NC(CC)N(C(CN(C)C)C(C)C)C1=O. The number of nitrogens with zero attached hydrogens (tertiary/aromatic N) is 2. The van der Waals surface area contributed by atoms with Crippen molar-refractivity contribution < 1.29 is 4.79 Å². The standard InChI is InChI=1S/C14H29N3O/c1-7-11-14(18)17(13(8-2)15-11)12(10(3)4)9-16(5)6/h10-13,15H,7-9H2,1-6H3. The number of carbonyl (C=O) groups excluding carboxylic acids is 1. The Morgan fingerprint density at radius 2 is 1.89 bits per heavy atom. The molecule has 0 aromatic carbocycles. The zero-order chi connectivity index (χ0) is 13.9. The van der Waals surface area contributed by atoms with Gasteiger partial charge in [-0.05, 0) is 32.9 Å². The lowest BCUT2D eigenvalue weighted by molar-refractivity contribution is -0.133. The Hall–Kier alpha value is -0.610. The van der Waals surface area contributed by atoms with E-state index in [1.165, 1.54) is 0 Å². The van der Waals surface area contributed by atoms with Crippen molar-refractivity contribution in [1.82, 2.24) is 15.1 Å². The van der Waals surface area contributed by atoms with E-state index in [9.17, 15) is 4.79 Å². The zero-order valence-corrected chi connectivity index (χ0v) is 12.7. The highest BCUT2D eigenvalue weighted by Crippen LogP contribution is 2.23. The van der Waals surface area contributed by atoms with Crippen LogP contribution in [0.1, 0.15) is 40.5 Å².